The highest BCUT2D eigenvalue weighted by molar-refractivity contribution is 8.00. The van der Waals surface area contributed by atoms with Crippen LogP contribution in [0.3, 0.4) is 0 Å². The molecule has 1 fully saturated rings. The Bertz CT molecular complexity index is 217. The number of thioether (sulfide) groups is 1. The minimum Gasteiger partial charge on any atom is -0.385 e. The summed E-state index contributed by atoms with van der Waals surface area (Å²) < 4.78 is 0. The molecule has 3 unspecified atom stereocenters. The molecule has 0 aromatic heterocycles. The van der Waals surface area contributed by atoms with E-state index in [0.717, 1.165) is 16.9 Å². The predicted molar refractivity (Wildman–Crippen MR) is 66.6 cm³/mol. The van der Waals surface area contributed by atoms with Gasteiger partial charge in [-0.25, -0.2) is 0 Å². The van der Waals surface area contributed by atoms with Crippen LogP contribution in [0.5, 0.6) is 0 Å². The molecule has 0 aromatic rings. The van der Waals surface area contributed by atoms with E-state index in [1.807, 2.05) is 6.92 Å². The van der Waals surface area contributed by atoms with Gasteiger partial charge in [0, 0.05) is 22.7 Å². The van der Waals surface area contributed by atoms with Gasteiger partial charge in [0.1, 0.15) is 0 Å². The first-order chi connectivity index (χ1) is 6.32. The highest BCUT2D eigenvalue weighted by Crippen LogP contribution is 2.43. The lowest BCUT2D eigenvalue weighted by atomic mass is 9.82. The van der Waals surface area contributed by atoms with Crippen molar-refractivity contribution in [3.63, 3.8) is 0 Å². The van der Waals surface area contributed by atoms with Crippen LogP contribution in [-0.4, -0.2) is 17.0 Å². The summed E-state index contributed by atoms with van der Waals surface area (Å²) >= 11 is 2.10. The molecular formula is C12H23NS. The number of allylic oxidation sites excluding steroid dienone is 1. The van der Waals surface area contributed by atoms with Crippen molar-refractivity contribution in [3.05, 3.63) is 12.3 Å². The topological polar surface area (TPSA) is 12.0 Å². The Kier molecular flexibility index (Phi) is 3.57. The zero-order valence-corrected chi connectivity index (χ0v) is 10.9. The lowest BCUT2D eigenvalue weighted by molar-refractivity contribution is 0.301. The van der Waals surface area contributed by atoms with E-state index in [2.05, 4.69) is 51.4 Å². The standard InChI is InChI=1S/C12H23NS/c1-8(2)13-10-7-14-11(9(10)3)12(4,5)6/h9-11,13H,1,7H2,2-6H3. The number of hydrogen-bond acceptors (Lipinski definition) is 2. The third kappa shape index (κ3) is 2.69. The molecule has 3 atom stereocenters. The second kappa shape index (κ2) is 4.18. The summed E-state index contributed by atoms with van der Waals surface area (Å²) in [5, 5.41) is 4.24. The molecule has 0 saturated carbocycles. The molecule has 1 saturated heterocycles. The summed E-state index contributed by atoms with van der Waals surface area (Å²) in [4.78, 5) is 0. The normalized spacial score (nSPS) is 33.1. The SMILES string of the molecule is C=C(C)NC1CSC(C(C)(C)C)C1C. The molecule has 1 N–H and O–H groups in total. The summed E-state index contributed by atoms with van der Waals surface area (Å²) in [5.41, 5.74) is 1.51. The Morgan fingerprint density at radius 3 is 2.36 bits per heavy atom. The van der Waals surface area contributed by atoms with Crippen molar-refractivity contribution in [2.75, 3.05) is 5.75 Å². The molecule has 0 radical (unpaired) electrons. The first-order valence-electron chi connectivity index (χ1n) is 5.36. The average molecular weight is 213 g/mol. The van der Waals surface area contributed by atoms with Gasteiger partial charge < -0.3 is 5.32 Å². The molecular weight excluding hydrogens is 190 g/mol. The summed E-state index contributed by atoms with van der Waals surface area (Å²) in [6.07, 6.45) is 0. The van der Waals surface area contributed by atoms with E-state index < -0.39 is 0 Å². The summed E-state index contributed by atoms with van der Waals surface area (Å²) in [6, 6.07) is 0.613. The second-order valence-corrected chi connectivity index (χ2v) is 6.68. The summed E-state index contributed by atoms with van der Waals surface area (Å²) in [7, 11) is 0. The molecule has 0 aliphatic carbocycles. The van der Waals surface area contributed by atoms with Gasteiger partial charge in [-0.15, -0.1) is 0 Å². The quantitative estimate of drug-likeness (QED) is 0.755. The fourth-order valence-electron chi connectivity index (χ4n) is 2.25. The molecule has 1 aliphatic heterocycles. The molecule has 14 heavy (non-hydrogen) atoms. The molecule has 82 valence electrons. The van der Waals surface area contributed by atoms with E-state index >= 15 is 0 Å². The average Bonchev–Trinajstić information content (AvgIpc) is 2.30. The van der Waals surface area contributed by atoms with E-state index in [9.17, 15) is 0 Å². The Hall–Kier alpha value is -0.110. The number of rotatable bonds is 2. The first kappa shape index (κ1) is 12.0. The van der Waals surface area contributed by atoms with Crippen LogP contribution >= 0.6 is 11.8 Å². The van der Waals surface area contributed by atoms with Crippen molar-refractivity contribution in [1.29, 1.82) is 0 Å². The summed E-state index contributed by atoms with van der Waals surface area (Å²) in [6.45, 7) is 15.3. The maximum Gasteiger partial charge on any atom is 0.0384 e. The minimum absolute atomic E-state index is 0.412. The molecule has 1 heterocycles. The van der Waals surface area contributed by atoms with Crippen LogP contribution in [0, 0.1) is 11.3 Å². The van der Waals surface area contributed by atoms with Gasteiger partial charge in [0.15, 0.2) is 0 Å². The minimum atomic E-state index is 0.412. The molecule has 1 aliphatic rings. The molecule has 1 nitrogen and oxygen atoms in total. The van der Waals surface area contributed by atoms with Crippen LogP contribution in [0.15, 0.2) is 12.3 Å². The maximum atomic E-state index is 3.92. The van der Waals surface area contributed by atoms with Gasteiger partial charge in [0.2, 0.25) is 0 Å². The fourth-order valence-corrected chi connectivity index (χ4v) is 4.04. The van der Waals surface area contributed by atoms with Crippen molar-refractivity contribution in [2.45, 2.75) is 45.9 Å². The first-order valence-corrected chi connectivity index (χ1v) is 6.41. The Balaban J connectivity index is 2.60. The zero-order valence-electron chi connectivity index (χ0n) is 10.1. The fraction of sp³-hybridized carbons (Fsp3) is 0.833. The zero-order chi connectivity index (χ0) is 10.9. The molecule has 1 rings (SSSR count). The van der Waals surface area contributed by atoms with Crippen LogP contribution in [-0.2, 0) is 0 Å². The van der Waals surface area contributed by atoms with Crippen LogP contribution in [0.25, 0.3) is 0 Å². The van der Waals surface area contributed by atoms with E-state index in [1.54, 1.807) is 0 Å². The van der Waals surface area contributed by atoms with E-state index in [0.29, 0.717) is 11.5 Å². The van der Waals surface area contributed by atoms with Crippen LogP contribution in [0.4, 0.5) is 0 Å². The Labute approximate surface area is 92.7 Å². The van der Waals surface area contributed by atoms with Gasteiger partial charge >= 0.3 is 0 Å². The van der Waals surface area contributed by atoms with E-state index in [1.165, 1.54) is 5.75 Å². The van der Waals surface area contributed by atoms with Crippen molar-refractivity contribution in [2.24, 2.45) is 11.3 Å². The van der Waals surface area contributed by atoms with E-state index in [4.69, 9.17) is 0 Å². The van der Waals surface area contributed by atoms with Crippen LogP contribution in [0.2, 0.25) is 0 Å². The maximum absolute atomic E-state index is 3.92. The molecule has 0 amide bonds. The lowest BCUT2D eigenvalue weighted by Crippen LogP contribution is -2.37. The highest BCUT2D eigenvalue weighted by Gasteiger charge is 2.39. The lowest BCUT2D eigenvalue weighted by Gasteiger charge is -2.31. The summed E-state index contributed by atoms with van der Waals surface area (Å²) in [5.74, 6) is 1.95. The Morgan fingerprint density at radius 2 is 2.00 bits per heavy atom. The number of nitrogens with one attached hydrogen (secondary N) is 1. The van der Waals surface area contributed by atoms with Crippen LogP contribution in [0.1, 0.15) is 34.6 Å². The monoisotopic (exact) mass is 213 g/mol. The molecule has 0 bridgehead atoms. The second-order valence-electron chi connectivity index (χ2n) is 5.51. The largest absolute Gasteiger partial charge is 0.385 e. The van der Waals surface area contributed by atoms with Gasteiger partial charge in [-0.2, -0.15) is 11.8 Å². The van der Waals surface area contributed by atoms with Gasteiger partial charge in [0.25, 0.3) is 0 Å². The van der Waals surface area contributed by atoms with Crippen LogP contribution < -0.4 is 5.32 Å². The van der Waals surface area contributed by atoms with Gasteiger partial charge in [-0.05, 0) is 18.3 Å². The van der Waals surface area contributed by atoms with Gasteiger partial charge in [-0.1, -0.05) is 34.3 Å². The third-order valence-corrected chi connectivity index (χ3v) is 4.90. The predicted octanol–water partition coefficient (Wildman–Crippen LogP) is 3.28. The van der Waals surface area contributed by atoms with Crippen molar-refractivity contribution in [3.8, 4) is 0 Å². The molecule has 2 heteroatoms. The van der Waals surface area contributed by atoms with Crippen molar-refractivity contribution in [1.82, 2.24) is 5.32 Å². The van der Waals surface area contributed by atoms with Crippen molar-refractivity contribution < 1.29 is 0 Å². The van der Waals surface area contributed by atoms with Crippen molar-refractivity contribution >= 4 is 11.8 Å². The number of hydrogen-bond donors (Lipinski definition) is 1. The molecule has 0 spiro atoms. The van der Waals surface area contributed by atoms with Gasteiger partial charge in [-0.3, -0.25) is 0 Å². The van der Waals surface area contributed by atoms with Gasteiger partial charge in [0.05, 0.1) is 0 Å². The van der Waals surface area contributed by atoms with E-state index in [-0.39, 0.29) is 0 Å². The molecule has 0 aromatic carbocycles. The smallest absolute Gasteiger partial charge is 0.0384 e. The Morgan fingerprint density at radius 1 is 1.43 bits per heavy atom. The highest BCUT2D eigenvalue weighted by atomic mass is 32.2. The third-order valence-electron chi connectivity index (χ3n) is 2.85.